The maximum atomic E-state index is 11.8. The second kappa shape index (κ2) is 11.6. The number of carbonyl (C=O) groups is 1. The van der Waals surface area contributed by atoms with Crippen molar-refractivity contribution in [3.63, 3.8) is 0 Å². The van der Waals surface area contributed by atoms with Crippen LogP contribution in [0.5, 0.6) is 5.75 Å². The van der Waals surface area contributed by atoms with Crippen molar-refractivity contribution in [3.05, 3.63) is 70.6 Å². The van der Waals surface area contributed by atoms with Crippen LogP contribution >= 0.6 is 22.9 Å². The van der Waals surface area contributed by atoms with E-state index in [9.17, 15) is 4.79 Å². The van der Waals surface area contributed by atoms with E-state index in [2.05, 4.69) is 37.4 Å². The zero-order chi connectivity index (χ0) is 26.5. The predicted octanol–water partition coefficient (Wildman–Crippen LogP) is 4.84. The Morgan fingerprint density at radius 1 is 1.24 bits per heavy atom. The Hall–Kier alpha value is -3.91. The summed E-state index contributed by atoms with van der Waals surface area (Å²) in [7, 11) is 3.33. The summed E-state index contributed by atoms with van der Waals surface area (Å²) in [5.74, 6) is 7.69. The summed E-state index contributed by atoms with van der Waals surface area (Å²) < 4.78 is 11.3. The fourth-order valence-corrected chi connectivity index (χ4v) is 4.89. The van der Waals surface area contributed by atoms with Gasteiger partial charge in [0.2, 0.25) is 0 Å². The van der Waals surface area contributed by atoms with E-state index in [0.29, 0.717) is 36.2 Å². The van der Waals surface area contributed by atoms with Crippen LogP contribution in [0.4, 0.5) is 16.3 Å². The SMILES string of the molecule is CN(C)C(=O)O[C@H]1CN[C@H](C#Cc2cc3c(Nc4ccc(OCc5ccccn5)c(Cl)c4)ncnc3s2)C1. The normalized spacial score (nSPS) is 16.5. The molecule has 0 aliphatic carbocycles. The molecule has 1 saturated heterocycles. The Labute approximate surface area is 229 Å². The maximum Gasteiger partial charge on any atom is 0.409 e. The summed E-state index contributed by atoms with van der Waals surface area (Å²) >= 11 is 7.97. The van der Waals surface area contributed by atoms with E-state index in [0.717, 1.165) is 26.5 Å². The van der Waals surface area contributed by atoms with Gasteiger partial charge in [0.1, 0.15) is 35.4 Å². The average molecular weight is 549 g/mol. The first kappa shape index (κ1) is 25.7. The molecule has 1 aliphatic heterocycles. The third-order valence-corrected chi connectivity index (χ3v) is 6.97. The fourth-order valence-electron chi connectivity index (χ4n) is 3.79. The lowest BCUT2D eigenvalue weighted by Gasteiger charge is -2.15. The summed E-state index contributed by atoms with van der Waals surface area (Å²) in [4.78, 5) is 28.0. The van der Waals surface area contributed by atoms with Crippen LogP contribution in [0, 0.1) is 11.8 Å². The number of amides is 1. The fraction of sp³-hybridized carbons (Fsp3) is 0.259. The number of anilines is 2. The number of halogens is 1. The molecular weight excluding hydrogens is 524 g/mol. The van der Waals surface area contributed by atoms with Crippen LogP contribution in [0.25, 0.3) is 10.2 Å². The minimum Gasteiger partial charge on any atom is -0.486 e. The molecule has 1 amide bonds. The van der Waals surface area contributed by atoms with Crippen LogP contribution in [0.3, 0.4) is 0 Å². The molecule has 2 atom stereocenters. The smallest absolute Gasteiger partial charge is 0.409 e. The molecule has 5 rings (SSSR count). The van der Waals surface area contributed by atoms with E-state index in [-0.39, 0.29) is 18.2 Å². The number of carbonyl (C=O) groups excluding carboxylic acids is 1. The second-order valence-electron chi connectivity index (χ2n) is 8.80. The van der Waals surface area contributed by atoms with Gasteiger partial charge >= 0.3 is 6.09 Å². The molecule has 0 unspecified atom stereocenters. The largest absolute Gasteiger partial charge is 0.486 e. The van der Waals surface area contributed by atoms with Crippen LogP contribution < -0.4 is 15.4 Å². The van der Waals surface area contributed by atoms with E-state index < -0.39 is 0 Å². The summed E-state index contributed by atoms with van der Waals surface area (Å²) in [6.07, 6.45) is 3.36. The molecule has 9 nitrogen and oxygen atoms in total. The van der Waals surface area contributed by atoms with Crippen molar-refractivity contribution in [2.45, 2.75) is 25.2 Å². The van der Waals surface area contributed by atoms with Crippen LogP contribution in [0.15, 0.2) is 55.0 Å². The van der Waals surface area contributed by atoms with Gasteiger partial charge in [-0.05, 0) is 36.4 Å². The van der Waals surface area contributed by atoms with Gasteiger partial charge in [-0.3, -0.25) is 10.3 Å². The first-order valence-electron chi connectivity index (χ1n) is 11.9. The average Bonchev–Trinajstić information content (AvgIpc) is 3.54. The molecule has 3 aromatic heterocycles. The topological polar surface area (TPSA) is 102 Å². The molecule has 1 aromatic carbocycles. The molecule has 1 aliphatic rings. The summed E-state index contributed by atoms with van der Waals surface area (Å²) in [5.41, 5.74) is 1.59. The highest BCUT2D eigenvalue weighted by Crippen LogP contribution is 2.33. The van der Waals surface area contributed by atoms with Crippen molar-refractivity contribution in [3.8, 4) is 17.6 Å². The number of benzene rings is 1. The number of thiophene rings is 1. The molecule has 0 spiro atoms. The van der Waals surface area contributed by atoms with E-state index >= 15 is 0 Å². The lowest BCUT2D eigenvalue weighted by Crippen LogP contribution is -2.29. The van der Waals surface area contributed by atoms with E-state index in [1.165, 1.54) is 22.6 Å². The van der Waals surface area contributed by atoms with Gasteiger partial charge in [0.05, 0.1) is 27.0 Å². The predicted molar refractivity (Wildman–Crippen MR) is 148 cm³/mol. The van der Waals surface area contributed by atoms with E-state index in [4.69, 9.17) is 21.1 Å². The third-order valence-electron chi connectivity index (χ3n) is 5.72. The van der Waals surface area contributed by atoms with Gasteiger partial charge in [0.25, 0.3) is 0 Å². The quantitative estimate of drug-likeness (QED) is 0.330. The number of hydrogen-bond donors (Lipinski definition) is 2. The summed E-state index contributed by atoms with van der Waals surface area (Å²) in [5, 5.41) is 7.96. The Morgan fingerprint density at radius 3 is 2.92 bits per heavy atom. The molecule has 11 heteroatoms. The molecule has 4 heterocycles. The highest BCUT2D eigenvalue weighted by atomic mass is 35.5. The maximum absolute atomic E-state index is 11.8. The van der Waals surface area contributed by atoms with Crippen molar-refractivity contribution in [1.29, 1.82) is 0 Å². The molecule has 0 bridgehead atoms. The van der Waals surface area contributed by atoms with Gasteiger partial charge in [0.15, 0.2) is 0 Å². The van der Waals surface area contributed by atoms with Gasteiger partial charge in [-0.15, -0.1) is 11.3 Å². The van der Waals surface area contributed by atoms with Crippen molar-refractivity contribution < 1.29 is 14.3 Å². The Morgan fingerprint density at radius 2 is 2.13 bits per heavy atom. The van der Waals surface area contributed by atoms with E-state index in [1.807, 2.05) is 36.4 Å². The van der Waals surface area contributed by atoms with Crippen LogP contribution in [0.1, 0.15) is 17.0 Å². The number of ether oxygens (including phenoxy) is 2. The van der Waals surface area contributed by atoms with E-state index in [1.54, 1.807) is 26.4 Å². The molecule has 194 valence electrons. The molecule has 38 heavy (non-hydrogen) atoms. The minimum atomic E-state index is -0.346. The number of nitrogens with one attached hydrogen (secondary N) is 2. The third kappa shape index (κ3) is 6.31. The molecule has 0 radical (unpaired) electrons. The monoisotopic (exact) mass is 548 g/mol. The number of fused-ring (bicyclic) bond motifs is 1. The number of nitrogens with zero attached hydrogens (tertiary/aromatic N) is 4. The van der Waals surface area contributed by atoms with Gasteiger partial charge in [-0.25, -0.2) is 14.8 Å². The summed E-state index contributed by atoms with van der Waals surface area (Å²) in [6.45, 7) is 0.914. The van der Waals surface area contributed by atoms with Gasteiger partial charge in [0, 0.05) is 38.9 Å². The van der Waals surface area contributed by atoms with Gasteiger partial charge < -0.3 is 19.7 Å². The molecule has 2 N–H and O–H groups in total. The van der Waals surface area contributed by atoms with Crippen LogP contribution in [-0.4, -0.2) is 58.7 Å². The lowest BCUT2D eigenvalue weighted by atomic mass is 10.2. The van der Waals surface area contributed by atoms with Crippen molar-refractivity contribution in [2.75, 3.05) is 26.0 Å². The molecule has 0 saturated carbocycles. The molecule has 4 aromatic rings. The zero-order valence-corrected chi connectivity index (χ0v) is 22.3. The first-order valence-corrected chi connectivity index (χ1v) is 13.1. The standard InChI is InChI=1S/C27H25ClN6O3S/c1-34(2)27(35)37-20-11-17(30-14-20)6-8-21-13-22-25(31-16-32-26(22)38-21)33-18-7-9-24(23(28)12-18)36-15-19-5-3-4-10-29-19/h3-5,7,9-10,12-13,16-17,20,30H,11,14-15H2,1-2H3,(H,31,32,33)/t17-,20-/m1/s1. The Bertz CT molecular complexity index is 1500. The summed E-state index contributed by atoms with van der Waals surface area (Å²) in [6, 6.07) is 13.1. The Kier molecular flexibility index (Phi) is 7.89. The lowest BCUT2D eigenvalue weighted by molar-refractivity contribution is 0.0826. The van der Waals surface area contributed by atoms with Crippen molar-refractivity contribution >= 4 is 50.8 Å². The Balaban J connectivity index is 1.24. The number of rotatable bonds is 6. The number of pyridine rings is 1. The highest BCUT2D eigenvalue weighted by Gasteiger charge is 2.26. The molecule has 1 fully saturated rings. The second-order valence-corrected chi connectivity index (χ2v) is 10.2. The number of hydrogen-bond acceptors (Lipinski definition) is 9. The highest BCUT2D eigenvalue weighted by molar-refractivity contribution is 7.19. The van der Waals surface area contributed by atoms with Crippen molar-refractivity contribution in [1.82, 2.24) is 25.2 Å². The van der Waals surface area contributed by atoms with Gasteiger partial charge in [-0.1, -0.05) is 29.5 Å². The zero-order valence-electron chi connectivity index (χ0n) is 20.8. The van der Waals surface area contributed by atoms with Crippen molar-refractivity contribution in [2.24, 2.45) is 0 Å². The first-order chi connectivity index (χ1) is 18.4. The number of aromatic nitrogens is 3. The van der Waals surface area contributed by atoms with Crippen LogP contribution in [0.2, 0.25) is 5.02 Å². The molecular formula is C27H25ClN6O3S. The minimum absolute atomic E-state index is 0.0515. The van der Waals surface area contributed by atoms with Crippen LogP contribution in [-0.2, 0) is 11.3 Å². The van der Waals surface area contributed by atoms with Gasteiger partial charge in [-0.2, -0.15) is 0 Å².